The minimum absolute atomic E-state index is 0.208. The molecule has 2 unspecified atom stereocenters. The van der Waals surface area contributed by atoms with E-state index in [1.165, 1.54) is 0 Å². The van der Waals surface area contributed by atoms with E-state index in [9.17, 15) is 5.11 Å². The molecule has 0 fully saturated rings. The van der Waals surface area contributed by atoms with Crippen LogP contribution >= 0.6 is 27.5 Å². The van der Waals surface area contributed by atoms with Gasteiger partial charge in [-0.3, -0.25) is 5.32 Å². The largest absolute Gasteiger partial charge is 0.508 e. The quantitative estimate of drug-likeness (QED) is 0.451. The Kier molecular flexibility index (Phi) is 5.81. The van der Waals surface area contributed by atoms with Crippen molar-refractivity contribution in [3.05, 3.63) is 99.0 Å². The molecule has 1 aliphatic rings. The molecule has 1 aliphatic heterocycles. The number of ether oxygens (including phenoxy) is 1. The molecule has 0 aliphatic carbocycles. The molecule has 3 aromatic rings. The molecule has 3 N–H and O–H groups in total. The lowest BCUT2D eigenvalue weighted by molar-refractivity contribution is 0.379. The molecule has 2 atom stereocenters. The van der Waals surface area contributed by atoms with Crippen molar-refractivity contribution in [1.29, 1.82) is 0 Å². The van der Waals surface area contributed by atoms with E-state index in [1.807, 2.05) is 60.7 Å². The second-order valence-electron chi connectivity index (χ2n) is 6.76. The molecule has 4 nitrogen and oxygen atoms in total. The van der Waals surface area contributed by atoms with Crippen LogP contribution in [0.25, 0.3) is 5.70 Å². The van der Waals surface area contributed by atoms with E-state index >= 15 is 0 Å². The average Bonchev–Trinajstić information content (AvgIpc) is 2.74. The van der Waals surface area contributed by atoms with Crippen molar-refractivity contribution in [2.75, 3.05) is 7.11 Å². The first-order valence-corrected chi connectivity index (χ1v) is 10.3. The molecule has 0 spiro atoms. The highest BCUT2D eigenvalue weighted by molar-refractivity contribution is 9.10. The summed E-state index contributed by atoms with van der Waals surface area (Å²) in [6, 6.07) is 20.7. The number of halogens is 2. The zero-order valence-corrected chi connectivity index (χ0v) is 18.0. The summed E-state index contributed by atoms with van der Waals surface area (Å²) in [5, 5.41) is 18.2. The Morgan fingerprint density at radius 3 is 2.59 bits per heavy atom. The lowest BCUT2D eigenvalue weighted by Gasteiger charge is -2.34. The van der Waals surface area contributed by atoms with E-state index < -0.39 is 0 Å². The number of para-hydroxylation sites is 1. The Balaban J connectivity index is 1.81. The molecule has 4 rings (SSSR count). The highest BCUT2D eigenvalue weighted by atomic mass is 79.9. The number of nitrogens with one attached hydrogen (secondary N) is 2. The Hall–Kier alpha value is -2.47. The second-order valence-corrected chi connectivity index (χ2v) is 8.11. The van der Waals surface area contributed by atoms with Gasteiger partial charge < -0.3 is 15.2 Å². The zero-order chi connectivity index (χ0) is 20.4. The topological polar surface area (TPSA) is 53.5 Å². The molecule has 0 radical (unpaired) electrons. The number of hydrogen-bond acceptors (Lipinski definition) is 4. The van der Waals surface area contributed by atoms with Crippen LogP contribution in [0.4, 0.5) is 0 Å². The first-order valence-electron chi connectivity index (χ1n) is 9.17. The second kappa shape index (κ2) is 8.49. The Morgan fingerprint density at radius 2 is 1.83 bits per heavy atom. The summed E-state index contributed by atoms with van der Waals surface area (Å²) in [6.45, 7) is 0. The maximum Gasteiger partial charge on any atom is 0.125 e. The number of phenolic OH excluding ortho intramolecular Hbond substituents is 1. The minimum atomic E-state index is -0.244. The fourth-order valence-electron chi connectivity index (χ4n) is 3.50. The molecule has 0 amide bonds. The maximum atomic E-state index is 10.4. The molecular formula is C23H20BrClN2O2. The van der Waals surface area contributed by atoms with Gasteiger partial charge in [-0.25, -0.2) is 0 Å². The normalized spacial score (nSPS) is 18.7. The van der Waals surface area contributed by atoms with Gasteiger partial charge in [-0.05, 0) is 48.0 Å². The van der Waals surface area contributed by atoms with Crippen molar-refractivity contribution in [3.63, 3.8) is 0 Å². The minimum Gasteiger partial charge on any atom is -0.508 e. The predicted molar refractivity (Wildman–Crippen MR) is 120 cm³/mol. The first-order chi connectivity index (χ1) is 14.0. The molecule has 0 bridgehead atoms. The van der Waals surface area contributed by atoms with E-state index in [1.54, 1.807) is 13.2 Å². The van der Waals surface area contributed by atoms with Crippen molar-refractivity contribution >= 4 is 33.2 Å². The third kappa shape index (κ3) is 4.27. The van der Waals surface area contributed by atoms with Crippen LogP contribution in [0.1, 0.15) is 28.9 Å². The fourth-order valence-corrected chi connectivity index (χ4v) is 4.07. The summed E-state index contributed by atoms with van der Waals surface area (Å²) in [7, 11) is 1.66. The molecule has 1 heterocycles. The summed E-state index contributed by atoms with van der Waals surface area (Å²) in [5.74, 6) is 1.01. The lowest BCUT2D eigenvalue weighted by Crippen LogP contribution is -2.39. The Bertz CT molecular complexity index is 1070. The van der Waals surface area contributed by atoms with Crippen LogP contribution in [0, 0.1) is 0 Å². The summed E-state index contributed by atoms with van der Waals surface area (Å²) in [6.07, 6.45) is 1.81. The summed E-state index contributed by atoms with van der Waals surface area (Å²) in [5.41, 5.74) is 3.65. The highest BCUT2D eigenvalue weighted by Gasteiger charge is 2.27. The van der Waals surface area contributed by atoms with Crippen LogP contribution in [0.3, 0.4) is 0 Å². The predicted octanol–water partition coefficient (Wildman–Crippen LogP) is 5.79. The van der Waals surface area contributed by atoms with Crippen molar-refractivity contribution in [3.8, 4) is 11.5 Å². The van der Waals surface area contributed by atoms with E-state index in [2.05, 4.69) is 32.6 Å². The van der Waals surface area contributed by atoms with Crippen LogP contribution in [0.15, 0.2) is 77.3 Å². The van der Waals surface area contributed by atoms with Gasteiger partial charge in [0, 0.05) is 26.3 Å². The van der Waals surface area contributed by atoms with Gasteiger partial charge in [0.2, 0.25) is 0 Å². The Morgan fingerprint density at radius 1 is 1.00 bits per heavy atom. The monoisotopic (exact) mass is 470 g/mol. The van der Waals surface area contributed by atoms with Crippen molar-refractivity contribution in [2.24, 2.45) is 0 Å². The molecule has 3 aromatic carbocycles. The van der Waals surface area contributed by atoms with Crippen LogP contribution in [-0.2, 0) is 0 Å². The molecule has 148 valence electrons. The smallest absolute Gasteiger partial charge is 0.125 e. The van der Waals surface area contributed by atoms with Gasteiger partial charge in [0.05, 0.1) is 13.2 Å². The molecule has 0 saturated carbocycles. The highest BCUT2D eigenvalue weighted by Crippen LogP contribution is 2.36. The summed E-state index contributed by atoms with van der Waals surface area (Å²) >= 11 is 9.78. The number of aromatic hydroxyl groups is 1. The van der Waals surface area contributed by atoms with E-state index in [4.69, 9.17) is 16.3 Å². The molecule has 0 aromatic heterocycles. The van der Waals surface area contributed by atoms with Gasteiger partial charge in [-0.2, -0.15) is 0 Å². The summed E-state index contributed by atoms with van der Waals surface area (Å²) < 4.78 is 6.54. The number of methoxy groups -OCH3 is 1. The fraction of sp³-hybridized carbons (Fsp3) is 0.130. The Labute approximate surface area is 183 Å². The summed E-state index contributed by atoms with van der Waals surface area (Å²) in [4.78, 5) is 0. The molecular weight excluding hydrogens is 452 g/mol. The van der Waals surface area contributed by atoms with Gasteiger partial charge in [0.15, 0.2) is 0 Å². The molecule has 6 heteroatoms. The van der Waals surface area contributed by atoms with E-state index in [-0.39, 0.29) is 18.0 Å². The number of phenols is 1. The SMILES string of the molecule is COc1ccc(Br)cc1C1NC(c2cccc(Cl)c2)=CC(c2ccccc2O)N1. The number of hydrogen-bond donors (Lipinski definition) is 3. The first kappa shape index (κ1) is 19.8. The zero-order valence-electron chi connectivity index (χ0n) is 15.7. The number of benzene rings is 3. The van der Waals surface area contributed by atoms with Crippen molar-refractivity contribution in [1.82, 2.24) is 10.6 Å². The van der Waals surface area contributed by atoms with Crippen LogP contribution in [0.2, 0.25) is 5.02 Å². The van der Waals surface area contributed by atoms with Crippen LogP contribution in [0.5, 0.6) is 11.5 Å². The van der Waals surface area contributed by atoms with Gasteiger partial charge in [0.1, 0.15) is 17.7 Å². The lowest BCUT2D eigenvalue weighted by atomic mass is 9.97. The van der Waals surface area contributed by atoms with E-state index in [0.29, 0.717) is 5.02 Å². The van der Waals surface area contributed by atoms with Crippen LogP contribution < -0.4 is 15.4 Å². The number of rotatable bonds is 4. The van der Waals surface area contributed by atoms with E-state index in [0.717, 1.165) is 32.6 Å². The average molecular weight is 472 g/mol. The van der Waals surface area contributed by atoms with Crippen LogP contribution in [-0.4, -0.2) is 12.2 Å². The van der Waals surface area contributed by atoms with Crippen molar-refractivity contribution in [2.45, 2.75) is 12.2 Å². The van der Waals surface area contributed by atoms with Crippen molar-refractivity contribution < 1.29 is 9.84 Å². The maximum absolute atomic E-state index is 10.4. The molecule has 29 heavy (non-hydrogen) atoms. The standard InChI is InChI=1S/C23H20BrClN2O2/c1-29-22-10-9-15(24)12-18(22)23-26-19(14-5-4-6-16(25)11-14)13-20(27-23)17-7-2-3-8-21(17)28/h2-13,20,23,26-28H,1H3. The van der Waals surface area contributed by atoms with Gasteiger partial charge >= 0.3 is 0 Å². The molecule has 0 saturated heterocycles. The van der Waals surface area contributed by atoms with Gasteiger partial charge in [0.25, 0.3) is 0 Å². The third-order valence-electron chi connectivity index (χ3n) is 4.89. The van der Waals surface area contributed by atoms with Gasteiger partial charge in [-0.1, -0.05) is 57.9 Å². The van der Waals surface area contributed by atoms with Gasteiger partial charge in [-0.15, -0.1) is 0 Å². The third-order valence-corrected chi connectivity index (χ3v) is 5.62.